The van der Waals surface area contributed by atoms with E-state index in [1.54, 1.807) is 0 Å². The maximum atomic E-state index is 6.12. The zero-order valence-corrected chi connectivity index (χ0v) is 12.5. The first kappa shape index (κ1) is 14.3. The van der Waals surface area contributed by atoms with Crippen molar-refractivity contribution < 1.29 is 4.74 Å². The van der Waals surface area contributed by atoms with Gasteiger partial charge < -0.3 is 10.5 Å². The fraction of sp³-hybridized carbons (Fsp3) is 1.00. The van der Waals surface area contributed by atoms with Crippen molar-refractivity contribution in [2.75, 3.05) is 32.8 Å². The van der Waals surface area contributed by atoms with E-state index in [2.05, 4.69) is 32.6 Å². The maximum Gasteiger partial charge on any atom is 0.0513 e. The van der Waals surface area contributed by atoms with Crippen molar-refractivity contribution in [1.29, 1.82) is 0 Å². The first-order valence-corrected chi connectivity index (χ1v) is 7.41. The van der Waals surface area contributed by atoms with Gasteiger partial charge in [0.15, 0.2) is 0 Å². The molecule has 2 rings (SSSR count). The molecule has 0 spiro atoms. The summed E-state index contributed by atoms with van der Waals surface area (Å²) in [6, 6.07) is 0. The Balaban J connectivity index is 2.05. The molecule has 0 aliphatic carbocycles. The first-order valence-electron chi connectivity index (χ1n) is 7.41. The molecule has 18 heavy (non-hydrogen) atoms. The lowest BCUT2D eigenvalue weighted by atomic mass is 9.79. The topological polar surface area (TPSA) is 38.5 Å². The third kappa shape index (κ3) is 2.59. The smallest absolute Gasteiger partial charge is 0.0513 e. The van der Waals surface area contributed by atoms with E-state index >= 15 is 0 Å². The molecule has 3 nitrogen and oxygen atoms in total. The van der Waals surface area contributed by atoms with Crippen LogP contribution in [0.5, 0.6) is 0 Å². The van der Waals surface area contributed by atoms with Crippen LogP contribution < -0.4 is 5.73 Å². The molecule has 0 radical (unpaired) electrons. The second kappa shape index (κ2) is 5.10. The molecule has 3 unspecified atom stereocenters. The molecule has 0 aromatic heterocycles. The highest BCUT2D eigenvalue weighted by atomic mass is 16.5. The lowest BCUT2D eigenvalue weighted by Crippen LogP contribution is -2.56. The molecule has 0 aromatic carbocycles. The molecule has 0 amide bonds. The van der Waals surface area contributed by atoms with Crippen molar-refractivity contribution in [2.45, 2.75) is 46.1 Å². The van der Waals surface area contributed by atoms with E-state index in [9.17, 15) is 0 Å². The third-order valence-corrected chi connectivity index (χ3v) is 5.36. The van der Waals surface area contributed by atoms with Crippen LogP contribution in [0, 0.1) is 17.3 Å². The Kier molecular flexibility index (Phi) is 4.05. The normalized spacial score (nSPS) is 33.8. The summed E-state index contributed by atoms with van der Waals surface area (Å²) < 4.78 is 5.58. The summed E-state index contributed by atoms with van der Waals surface area (Å²) >= 11 is 0. The van der Waals surface area contributed by atoms with E-state index in [1.807, 2.05) is 0 Å². The fourth-order valence-corrected chi connectivity index (χ4v) is 3.51. The van der Waals surface area contributed by atoms with E-state index in [0.717, 1.165) is 25.7 Å². The molecule has 106 valence electrons. The molecule has 2 aliphatic heterocycles. The van der Waals surface area contributed by atoms with Crippen LogP contribution in [0.1, 0.15) is 40.5 Å². The van der Waals surface area contributed by atoms with Crippen LogP contribution in [0.25, 0.3) is 0 Å². The largest absolute Gasteiger partial charge is 0.381 e. The van der Waals surface area contributed by atoms with Crippen LogP contribution in [0.2, 0.25) is 0 Å². The highest BCUT2D eigenvalue weighted by molar-refractivity contribution is 4.99. The molecular formula is C15H30N2O. The van der Waals surface area contributed by atoms with Gasteiger partial charge in [-0.05, 0) is 37.6 Å². The van der Waals surface area contributed by atoms with E-state index in [4.69, 9.17) is 10.5 Å². The van der Waals surface area contributed by atoms with E-state index in [0.29, 0.717) is 11.3 Å². The zero-order chi connectivity index (χ0) is 13.4. The highest BCUT2D eigenvalue weighted by Gasteiger charge is 2.44. The number of nitrogens with zero attached hydrogens (tertiary/aromatic N) is 1. The SMILES string of the molecule is CC(C)(C)C1CCN(C(C)(CN)C2CCOC2)C1. The lowest BCUT2D eigenvalue weighted by Gasteiger charge is -2.43. The van der Waals surface area contributed by atoms with Gasteiger partial charge in [0, 0.05) is 31.2 Å². The standard InChI is InChI=1S/C15H30N2O/c1-14(2,3)12-5-7-17(9-12)15(4,11-16)13-6-8-18-10-13/h12-13H,5-11,16H2,1-4H3. The number of rotatable bonds is 3. The monoisotopic (exact) mass is 254 g/mol. The molecular weight excluding hydrogens is 224 g/mol. The quantitative estimate of drug-likeness (QED) is 0.838. The lowest BCUT2D eigenvalue weighted by molar-refractivity contribution is 0.0564. The molecule has 2 heterocycles. The van der Waals surface area contributed by atoms with Gasteiger partial charge in [-0.2, -0.15) is 0 Å². The molecule has 2 N–H and O–H groups in total. The van der Waals surface area contributed by atoms with Gasteiger partial charge in [0.25, 0.3) is 0 Å². The average molecular weight is 254 g/mol. The maximum absolute atomic E-state index is 6.12. The minimum absolute atomic E-state index is 0.135. The Bertz CT molecular complexity index is 281. The van der Waals surface area contributed by atoms with Crippen molar-refractivity contribution in [3.05, 3.63) is 0 Å². The van der Waals surface area contributed by atoms with E-state index < -0.39 is 0 Å². The molecule has 0 saturated carbocycles. The van der Waals surface area contributed by atoms with Gasteiger partial charge in [-0.3, -0.25) is 4.90 Å². The predicted octanol–water partition coefficient (Wildman–Crippen LogP) is 2.11. The van der Waals surface area contributed by atoms with Gasteiger partial charge >= 0.3 is 0 Å². The Morgan fingerprint density at radius 3 is 2.33 bits per heavy atom. The minimum atomic E-state index is 0.135. The number of hydrogen-bond donors (Lipinski definition) is 1. The van der Waals surface area contributed by atoms with E-state index in [-0.39, 0.29) is 5.54 Å². The Hall–Kier alpha value is -0.120. The Morgan fingerprint density at radius 2 is 1.89 bits per heavy atom. The summed E-state index contributed by atoms with van der Waals surface area (Å²) in [6.45, 7) is 14.4. The molecule has 2 saturated heterocycles. The van der Waals surface area contributed by atoms with Gasteiger partial charge in [0.1, 0.15) is 0 Å². The second-order valence-electron chi connectivity index (χ2n) is 7.42. The molecule has 2 aliphatic rings. The molecule has 3 heteroatoms. The van der Waals surface area contributed by atoms with Crippen molar-refractivity contribution in [2.24, 2.45) is 23.0 Å². The zero-order valence-electron chi connectivity index (χ0n) is 12.5. The summed E-state index contributed by atoms with van der Waals surface area (Å²) in [7, 11) is 0. The fourth-order valence-electron chi connectivity index (χ4n) is 3.51. The van der Waals surface area contributed by atoms with Gasteiger partial charge in [0.2, 0.25) is 0 Å². The molecule has 3 atom stereocenters. The van der Waals surface area contributed by atoms with Crippen LogP contribution in [0.4, 0.5) is 0 Å². The Labute approximate surface area is 112 Å². The third-order valence-electron chi connectivity index (χ3n) is 5.36. The van der Waals surface area contributed by atoms with Crippen LogP contribution in [-0.2, 0) is 4.74 Å². The first-order chi connectivity index (χ1) is 8.38. The second-order valence-corrected chi connectivity index (χ2v) is 7.42. The van der Waals surface area contributed by atoms with Crippen molar-refractivity contribution in [1.82, 2.24) is 4.90 Å². The summed E-state index contributed by atoms with van der Waals surface area (Å²) in [5.41, 5.74) is 6.67. The van der Waals surface area contributed by atoms with Crippen LogP contribution in [-0.4, -0.2) is 43.3 Å². The predicted molar refractivity (Wildman–Crippen MR) is 75.5 cm³/mol. The van der Waals surface area contributed by atoms with Crippen molar-refractivity contribution in [3.8, 4) is 0 Å². The van der Waals surface area contributed by atoms with E-state index in [1.165, 1.54) is 25.9 Å². The highest BCUT2D eigenvalue weighted by Crippen LogP contribution is 2.39. The van der Waals surface area contributed by atoms with Gasteiger partial charge in [-0.25, -0.2) is 0 Å². The summed E-state index contributed by atoms with van der Waals surface area (Å²) in [6.07, 6.45) is 2.48. The Morgan fingerprint density at radius 1 is 1.17 bits per heavy atom. The number of ether oxygens (including phenoxy) is 1. The van der Waals surface area contributed by atoms with Crippen molar-refractivity contribution in [3.63, 3.8) is 0 Å². The van der Waals surface area contributed by atoms with Crippen molar-refractivity contribution >= 4 is 0 Å². The number of likely N-dealkylation sites (tertiary alicyclic amines) is 1. The summed E-state index contributed by atoms with van der Waals surface area (Å²) in [5.74, 6) is 1.41. The average Bonchev–Trinajstić information content (AvgIpc) is 2.97. The number of hydrogen-bond acceptors (Lipinski definition) is 3. The summed E-state index contributed by atoms with van der Waals surface area (Å²) in [4.78, 5) is 2.64. The molecule has 0 bridgehead atoms. The van der Waals surface area contributed by atoms with Gasteiger partial charge in [0.05, 0.1) is 6.61 Å². The van der Waals surface area contributed by atoms with Gasteiger partial charge in [-0.1, -0.05) is 20.8 Å². The molecule has 0 aromatic rings. The van der Waals surface area contributed by atoms with Crippen LogP contribution >= 0.6 is 0 Å². The minimum Gasteiger partial charge on any atom is -0.381 e. The van der Waals surface area contributed by atoms with Crippen LogP contribution in [0.3, 0.4) is 0 Å². The summed E-state index contributed by atoms with van der Waals surface area (Å²) in [5, 5.41) is 0. The van der Waals surface area contributed by atoms with Gasteiger partial charge in [-0.15, -0.1) is 0 Å². The number of nitrogens with two attached hydrogens (primary N) is 1. The van der Waals surface area contributed by atoms with Crippen LogP contribution in [0.15, 0.2) is 0 Å². The molecule has 2 fully saturated rings.